The lowest BCUT2D eigenvalue weighted by molar-refractivity contribution is 0.0692. The fraction of sp³-hybridized carbons (Fsp3) is 0.500. The molecule has 0 saturated carbocycles. The molecule has 1 unspecified atom stereocenters. The summed E-state index contributed by atoms with van der Waals surface area (Å²) in [7, 11) is 0. The molecule has 1 aromatic carbocycles. The fourth-order valence-corrected chi connectivity index (χ4v) is 2.30. The van der Waals surface area contributed by atoms with Gasteiger partial charge in [-0.05, 0) is 24.8 Å². The zero-order chi connectivity index (χ0) is 14.1. The lowest BCUT2D eigenvalue weighted by atomic mass is 10.2. The van der Waals surface area contributed by atoms with Gasteiger partial charge in [0, 0.05) is 18.3 Å². The van der Waals surface area contributed by atoms with E-state index in [9.17, 15) is 4.79 Å². The van der Waals surface area contributed by atoms with Gasteiger partial charge in [-0.1, -0.05) is 19.1 Å². The number of carboxylic acids is 1. The number of carboxylic acid groups (broad SMARTS) is 1. The molecule has 19 heavy (non-hydrogen) atoms. The Morgan fingerprint density at radius 3 is 2.89 bits per heavy atom. The Morgan fingerprint density at radius 1 is 1.47 bits per heavy atom. The Kier molecular flexibility index (Phi) is 7.36. The molecular weight excluding hydrogens is 262 g/mol. The second-order valence-corrected chi connectivity index (χ2v) is 5.48. The third-order valence-electron chi connectivity index (χ3n) is 2.54. The molecule has 106 valence electrons. The standard InChI is InChI=1S/C14H21NO3S/c1-3-19-10-11(2)15-8-9-18-13-7-5-4-6-12(13)14(16)17/h4-7,11,15H,3,8-10H2,1-2H3,(H,16,17). The van der Waals surface area contributed by atoms with Gasteiger partial charge in [-0.3, -0.25) is 0 Å². The molecule has 5 heteroatoms. The quantitative estimate of drug-likeness (QED) is 0.682. The van der Waals surface area contributed by atoms with Crippen molar-refractivity contribution in [1.82, 2.24) is 5.32 Å². The highest BCUT2D eigenvalue weighted by atomic mass is 32.2. The van der Waals surface area contributed by atoms with Crippen LogP contribution in [0.2, 0.25) is 0 Å². The molecule has 0 bridgehead atoms. The van der Waals surface area contributed by atoms with Crippen molar-refractivity contribution in [2.75, 3.05) is 24.7 Å². The van der Waals surface area contributed by atoms with Crippen molar-refractivity contribution < 1.29 is 14.6 Å². The smallest absolute Gasteiger partial charge is 0.339 e. The van der Waals surface area contributed by atoms with E-state index in [1.807, 2.05) is 11.8 Å². The first-order valence-corrected chi connectivity index (χ1v) is 7.56. The number of rotatable bonds is 9. The van der Waals surface area contributed by atoms with E-state index in [2.05, 4.69) is 19.2 Å². The minimum atomic E-state index is -0.962. The van der Waals surface area contributed by atoms with Crippen molar-refractivity contribution in [2.24, 2.45) is 0 Å². The minimum Gasteiger partial charge on any atom is -0.491 e. The van der Waals surface area contributed by atoms with Crippen LogP contribution in [-0.2, 0) is 0 Å². The van der Waals surface area contributed by atoms with Crippen molar-refractivity contribution in [2.45, 2.75) is 19.9 Å². The molecule has 1 atom stereocenters. The third-order valence-corrected chi connectivity index (χ3v) is 3.69. The van der Waals surface area contributed by atoms with Gasteiger partial charge in [0.1, 0.15) is 17.9 Å². The SMILES string of the molecule is CCSCC(C)NCCOc1ccccc1C(=O)O. The molecular formula is C14H21NO3S. The largest absolute Gasteiger partial charge is 0.491 e. The second kappa shape index (κ2) is 8.82. The molecule has 0 spiro atoms. The number of benzene rings is 1. The zero-order valence-electron chi connectivity index (χ0n) is 11.4. The molecule has 0 fully saturated rings. The van der Waals surface area contributed by atoms with E-state index in [0.29, 0.717) is 24.9 Å². The maximum absolute atomic E-state index is 11.0. The summed E-state index contributed by atoms with van der Waals surface area (Å²) in [6.45, 7) is 5.45. The predicted octanol–water partition coefficient (Wildman–Crippen LogP) is 2.49. The number of nitrogens with one attached hydrogen (secondary N) is 1. The van der Waals surface area contributed by atoms with Crippen LogP contribution >= 0.6 is 11.8 Å². The van der Waals surface area contributed by atoms with Crippen molar-refractivity contribution in [3.8, 4) is 5.75 Å². The Labute approximate surface area is 118 Å². The second-order valence-electron chi connectivity index (χ2n) is 4.16. The molecule has 0 radical (unpaired) electrons. The highest BCUT2D eigenvalue weighted by Gasteiger charge is 2.09. The molecule has 0 heterocycles. The number of carbonyl (C=O) groups is 1. The van der Waals surface area contributed by atoms with Gasteiger partial charge in [0.25, 0.3) is 0 Å². The maximum atomic E-state index is 11.0. The van der Waals surface area contributed by atoms with Crippen molar-refractivity contribution in [3.05, 3.63) is 29.8 Å². The first kappa shape index (κ1) is 15.9. The monoisotopic (exact) mass is 283 g/mol. The Hall–Kier alpha value is -1.20. The van der Waals surface area contributed by atoms with Crippen LogP contribution in [0.25, 0.3) is 0 Å². The van der Waals surface area contributed by atoms with Gasteiger partial charge in [-0.2, -0.15) is 11.8 Å². The van der Waals surface area contributed by atoms with E-state index in [1.165, 1.54) is 0 Å². The molecule has 0 saturated heterocycles. The third kappa shape index (κ3) is 5.98. The average Bonchev–Trinajstić information content (AvgIpc) is 2.41. The fourth-order valence-electron chi connectivity index (χ4n) is 1.59. The first-order chi connectivity index (χ1) is 9.15. The summed E-state index contributed by atoms with van der Waals surface area (Å²) in [6, 6.07) is 7.13. The summed E-state index contributed by atoms with van der Waals surface area (Å²) < 4.78 is 5.50. The number of aromatic carboxylic acids is 1. The lowest BCUT2D eigenvalue weighted by Gasteiger charge is -2.14. The summed E-state index contributed by atoms with van der Waals surface area (Å²) in [4.78, 5) is 11.0. The van der Waals surface area contributed by atoms with Crippen LogP contribution in [0.1, 0.15) is 24.2 Å². The molecule has 0 amide bonds. The van der Waals surface area contributed by atoms with Gasteiger partial charge >= 0.3 is 5.97 Å². The Morgan fingerprint density at radius 2 is 2.21 bits per heavy atom. The molecule has 4 nitrogen and oxygen atoms in total. The molecule has 2 N–H and O–H groups in total. The topological polar surface area (TPSA) is 58.6 Å². The number of ether oxygens (including phenoxy) is 1. The van der Waals surface area contributed by atoms with Crippen LogP contribution in [0.15, 0.2) is 24.3 Å². The first-order valence-electron chi connectivity index (χ1n) is 6.41. The van der Waals surface area contributed by atoms with Gasteiger partial charge < -0.3 is 15.2 Å². The van der Waals surface area contributed by atoms with Crippen LogP contribution < -0.4 is 10.1 Å². The van der Waals surface area contributed by atoms with E-state index in [-0.39, 0.29) is 5.56 Å². The van der Waals surface area contributed by atoms with E-state index < -0.39 is 5.97 Å². The van der Waals surface area contributed by atoms with Crippen LogP contribution in [0.3, 0.4) is 0 Å². The molecule has 1 aromatic rings. The molecule has 0 aliphatic heterocycles. The van der Waals surface area contributed by atoms with E-state index in [0.717, 1.165) is 11.5 Å². The molecule has 0 aromatic heterocycles. The van der Waals surface area contributed by atoms with E-state index in [4.69, 9.17) is 9.84 Å². The van der Waals surface area contributed by atoms with Gasteiger partial charge in [-0.25, -0.2) is 4.79 Å². The van der Waals surface area contributed by atoms with Gasteiger partial charge in [-0.15, -0.1) is 0 Å². The van der Waals surface area contributed by atoms with Gasteiger partial charge in [0.15, 0.2) is 0 Å². The van der Waals surface area contributed by atoms with E-state index in [1.54, 1.807) is 24.3 Å². The number of thioether (sulfide) groups is 1. The highest BCUT2D eigenvalue weighted by molar-refractivity contribution is 7.99. The summed E-state index contributed by atoms with van der Waals surface area (Å²) in [5.41, 5.74) is 0.206. The lowest BCUT2D eigenvalue weighted by Crippen LogP contribution is -2.32. The predicted molar refractivity (Wildman–Crippen MR) is 79.4 cm³/mol. The van der Waals surface area contributed by atoms with Crippen molar-refractivity contribution >= 4 is 17.7 Å². The van der Waals surface area contributed by atoms with Crippen LogP contribution in [-0.4, -0.2) is 41.8 Å². The molecule has 1 rings (SSSR count). The number of hydrogen-bond acceptors (Lipinski definition) is 4. The van der Waals surface area contributed by atoms with Crippen molar-refractivity contribution in [3.63, 3.8) is 0 Å². The number of para-hydroxylation sites is 1. The normalized spacial score (nSPS) is 12.1. The minimum absolute atomic E-state index is 0.206. The zero-order valence-corrected chi connectivity index (χ0v) is 12.2. The van der Waals surface area contributed by atoms with Gasteiger partial charge in [0.05, 0.1) is 0 Å². The van der Waals surface area contributed by atoms with Crippen LogP contribution in [0, 0.1) is 0 Å². The summed E-state index contributed by atoms with van der Waals surface area (Å²) in [6.07, 6.45) is 0. The van der Waals surface area contributed by atoms with Crippen molar-refractivity contribution in [1.29, 1.82) is 0 Å². The summed E-state index contributed by atoms with van der Waals surface area (Å²) in [5, 5.41) is 12.4. The van der Waals surface area contributed by atoms with Crippen LogP contribution in [0.5, 0.6) is 5.75 Å². The van der Waals surface area contributed by atoms with Gasteiger partial charge in [0.2, 0.25) is 0 Å². The summed E-state index contributed by atoms with van der Waals surface area (Å²) >= 11 is 1.90. The average molecular weight is 283 g/mol. The number of hydrogen-bond donors (Lipinski definition) is 2. The molecule has 0 aliphatic carbocycles. The Bertz CT molecular complexity index is 398. The highest BCUT2D eigenvalue weighted by Crippen LogP contribution is 2.17. The molecule has 0 aliphatic rings. The maximum Gasteiger partial charge on any atom is 0.339 e. The summed E-state index contributed by atoms with van der Waals surface area (Å²) in [5.74, 6) is 1.65. The van der Waals surface area contributed by atoms with E-state index >= 15 is 0 Å². The van der Waals surface area contributed by atoms with Crippen LogP contribution in [0.4, 0.5) is 0 Å². The Balaban J connectivity index is 2.31.